The van der Waals surface area contributed by atoms with Gasteiger partial charge in [-0.1, -0.05) is 79.7 Å². The first-order valence-electron chi connectivity index (χ1n) is 14.8. The molecule has 0 fully saturated rings. The highest BCUT2D eigenvalue weighted by atomic mass is 32.2. The third kappa shape index (κ3) is 7.30. The van der Waals surface area contributed by atoms with Gasteiger partial charge in [0.05, 0.1) is 23.1 Å². The van der Waals surface area contributed by atoms with Crippen molar-refractivity contribution in [3.63, 3.8) is 0 Å². The van der Waals surface area contributed by atoms with Gasteiger partial charge >= 0.3 is 0 Å². The van der Waals surface area contributed by atoms with Crippen LogP contribution in [0, 0.1) is 5.92 Å². The number of hydrogen-bond donors (Lipinski definition) is 2. The molecule has 230 valence electrons. The zero-order valence-corrected chi connectivity index (χ0v) is 26.1. The molecule has 1 heterocycles. The van der Waals surface area contributed by atoms with E-state index in [2.05, 4.69) is 46.0 Å². The molecule has 1 amide bonds. The number of fused-ring (bicyclic) bond motifs is 1. The Hall–Kier alpha value is -4.18. The quantitative estimate of drug-likeness (QED) is 0.245. The number of anilines is 1. The molecule has 0 aromatic heterocycles. The van der Waals surface area contributed by atoms with E-state index in [9.17, 15) is 18.3 Å². The molecule has 44 heavy (non-hydrogen) atoms. The van der Waals surface area contributed by atoms with Crippen LogP contribution in [0.3, 0.4) is 0 Å². The van der Waals surface area contributed by atoms with Gasteiger partial charge < -0.3 is 14.7 Å². The van der Waals surface area contributed by atoms with Crippen LogP contribution in [0.5, 0.6) is 5.75 Å². The Kier molecular flexibility index (Phi) is 9.68. The fraction of sp³-hybridized carbons (Fsp3) is 0.286. The van der Waals surface area contributed by atoms with Crippen molar-refractivity contribution >= 4 is 21.6 Å². The topological polar surface area (TPSA) is 99.2 Å². The van der Waals surface area contributed by atoms with E-state index in [1.165, 1.54) is 34.9 Å². The number of ether oxygens (including phenoxy) is 1. The third-order valence-electron chi connectivity index (χ3n) is 7.98. The molecule has 0 radical (unpaired) electrons. The number of sulfonamides is 1. The number of aliphatic hydroxyl groups is 1. The van der Waals surface area contributed by atoms with E-state index in [1.807, 2.05) is 32.2 Å². The molecule has 4 aromatic rings. The van der Waals surface area contributed by atoms with E-state index in [4.69, 9.17) is 4.74 Å². The molecule has 0 unspecified atom stereocenters. The fourth-order valence-electron chi connectivity index (χ4n) is 5.43. The third-order valence-corrected chi connectivity index (χ3v) is 9.37. The van der Waals surface area contributed by atoms with Gasteiger partial charge in [0, 0.05) is 31.2 Å². The number of rotatable bonds is 10. The molecule has 3 atom stereocenters. The van der Waals surface area contributed by atoms with Crippen LogP contribution in [-0.4, -0.2) is 68.1 Å². The number of nitrogens with one attached hydrogen (secondary N) is 1. The van der Waals surface area contributed by atoms with Crippen molar-refractivity contribution in [1.29, 1.82) is 0 Å². The maximum absolute atomic E-state index is 13.8. The second kappa shape index (κ2) is 13.6. The zero-order chi connectivity index (χ0) is 31.3. The summed E-state index contributed by atoms with van der Waals surface area (Å²) in [5.41, 5.74) is 4.01. The average Bonchev–Trinajstić information content (AvgIpc) is 3.03. The maximum Gasteiger partial charge on any atom is 0.261 e. The predicted octanol–water partition coefficient (Wildman–Crippen LogP) is 5.51. The first kappa shape index (κ1) is 31.3. The SMILES string of the molecule is C[C@H]1CN([C@@H](C)CO)C(=O)c2cc(NS(=O)(=O)c3ccccc3)ccc2O[C@H]1CN(C)Cc1ccc(-c2ccccc2)cc1. The van der Waals surface area contributed by atoms with Gasteiger partial charge in [-0.15, -0.1) is 0 Å². The lowest BCUT2D eigenvalue weighted by Gasteiger charge is -2.38. The van der Waals surface area contributed by atoms with Crippen molar-refractivity contribution < 1.29 is 23.1 Å². The summed E-state index contributed by atoms with van der Waals surface area (Å²) in [6, 6.07) is 31.2. The normalized spacial score (nSPS) is 17.8. The van der Waals surface area contributed by atoms with E-state index in [0.29, 0.717) is 25.4 Å². The molecule has 1 aliphatic rings. The molecule has 1 aliphatic heterocycles. The van der Waals surface area contributed by atoms with Gasteiger partial charge in [-0.05, 0) is 61.0 Å². The second-order valence-corrected chi connectivity index (χ2v) is 13.2. The minimum Gasteiger partial charge on any atom is -0.488 e. The van der Waals surface area contributed by atoms with Crippen molar-refractivity contribution in [2.24, 2.45) is 5.92 Å². The smallest absolute Gasteiger partial charge is 0.261 e. The largest absolute Gasteiger partial charge is 0.488 e. The van der Waals surface area contributed by atoms with E-state index in [0.717, 1.165) is 0 Å². The highest BCUT2D eigenvalue weighted by Crippen LogP contribution is 2.31. The van der Waals surface area contributed by atoms with Crippen LogP contribution in [0.1, 0.15) is 29.8 Å². The summed E-state index contributed by atoms with van der Waals surface area (Å²) in [5.74, 6) is 0.0182. The monoisotopic (exact) mass is 613 g/mol. The van der Waals surface area contributed by atoms with Crippen LogP contribution in [0.2, 0.25) is 0 Å². The number of carbonyl (C=O) groups is 1. The first-order valence-corrected chi connectivity index (χ1v) is 16.3. The summed E-state index contributed by atoms with van der Waals surface area (Å²) < 4.78 is 35.0. The molecule has 0 spiro atoms. The zero-order valence-electron chi connectivity index (χ0n) is 25.3. The van der Waals surface area contributed by atoms with Crippen LogP contribution in [0.15, 0.2) is 108 Å². The van der Waals surface area contributed by atoms with Crippen molar-refractivity contribution in [2.75, 3.05) is 31.5 Å². The fourth-order valence-corrected chi connectivity index (χ4v) is 6.50. The number of benzene rings is 4. The molecular weight excluding hydrogens is 574 g/mol. The average molecular weight is 614 g/mol. The van der Waals surface area contributed by atoms with Gasteiger partial charge in [0.2, 0.25) is 0 Å². The summed E-state index contributed by atoms with van der Waals surface area (Å²) in [4.78, 5) is 17.7. The highest BCUT2D eigenvalue weighted by Gasteiger charge is 2.33. The number of likely N-dealkylation sites (N-methyl/N-ethyl adjacent to an activating group) is 1. The number of carbonyl (C=O) groups excluding carboxylic acids is 1. The summed E-state index contributed by atoms with van der Waals surface area (Å²) in [6.45, 7) is 5.34. The van der Waals surface area contributed by atoms with E-state index in [1.54, 1.807) is 42.2 Å². The van der Waals surface area contributed by atoms with Gasteiger partial charge in [0.25, 0.3) is 15.9 Å². The molecule has 8 nitrogen and oxygen atoms in total. The minimum atomic E-state index is -3.85. The highest BCUT2D eigenvalue weighted by molar-refractivity contribution is 7.92. The first-order chi connectivity index (χ1) is 21.1. The Morgan fingerprint density at radius 1 is 0.955 bits per heavy atom. The van der Waals surface area contributed by atoms with Crippen molar-refractivity contribution in [3.05, 3.63) is 114 Å². The predicted molar refractivity (Wildman–Crippen MR) is 173 cm³/mol. The lowest BCUT2D eigenvalue weighted by atomic mass is 9.99. The molecular formula is C35H39N3O5S. The van der Waals surface area contributed by atoms with Gasteiger partial charge in [0.15, 0.2) is 0 Å². The molecule has 9 heteroatoms. The van der Waals surface area contributed by atoms with Gasteiger partial charge in [-0.3, -0.25) is 14.4 Å². The standard InChI is InChI=1S/C35H39N3O5S/c1-25-21-38(26(2)24-39)35(40)32-20-30(36-44(41,42)31-12-8-5-9-13-31)18-19-33(32)43-34(25)23-37(3)22-27-14-16-29(17-15-27)28-10-6-4-7-11-28/h4-20,25-26,34,36,39H,21-24H2,1-3H3/t25-,26-,34-/m0/s1. The Morgan fingerprint density at radius 3 is 2.25 bits per heavy atom. The lowest BCUT2D eigenvalue weighted by molar-refractivity contribution is 0.0341. The van der Waals surface area contributed by atoms with Crippen molar-refractivity contribution in [3.8, 4) is 16.9 Å². The number of aliphatic hydroxyl groups excluding tert-OH is 1. The molecule has 5 rings (SSSR count). The van der Waals surface area contributed by atoms with Crippen LogP contribution >= 0.6 is 0 Å². The molecule has 0 aliphatic carbocycles. The Morgan fingerprint density at radius 2 is 1.59 bits per heavy atom. The summed E-state index contributed by atoms with van der Waals surface area (Å²) >= 11 is 0. The second-order valence-electron chi connectivity index (χ2n) is 11.5. The summed E-state index contributed by atoms with van der Waals surface area (Å²) in [6.07, 6.45) is -0.268. The molecule has 0 saturated heterocycles. The van der Waals surface area contributed by atoms with E-state index >= 15 is 0 Å². The molecule has 4 aromatic carbocycles. The van der Waals surface area contributed by atoms with E-state index < -0.39 is 16.1 Å². The van der Waals surface area contributed by atoms with Crippen molar-refractivity contribution in [1.82, 2.24) is 9.80 Å². The minimum absolute atomic E-state index is 0.0414. The number of amides is 1. The number of nitrogens with zero attached hydrogens (tertiary/aromatic N) is 2. The Bertz CT molecular complexity index is 1660. The van der Waals surface area contributed by atoms with Crippen molar-refractivity contribution in [2.45, 2.75) is 37.4 Å². The molecule has 2 N–H and O–H groups in total. The van der Waals surface area contributed by atoms with Crippen LogP contribution in [-0.2, 0) is 16.6 Å². The number of hydrogen-bond acceptors (Lipinski definition) is 6. The van der Waals surface area contributed by atoms with Crippen LogP contribution in [0.25, 0.3) is 11.1 Å². The Balaban J connectivity index is 1.36. The Labute approximate surface area is 260 Å². The summed E-state index contributed by atoms with van der Waals surface area (Å²) in [7, 11) is -1.81. The lowest BCUT2D eigenvalue weighted by Crippen LogP contribution is -2.49. The van der Waals surface area contributed by atoms with Crippen LogP contribution in [0.4, 0.5) is 5.69 Å². The van der Waals surface area contributed by atoms with Crippen LogP contribution < -0.4 is 9.46 Å². The molecule has 0 bridgehead atoms. The van der Waals surface area contributed by atoms with Gasteiger partial charge in [-0.2, -0.15) is 0 Å². The van der Waals surface area contributed by atoms with Gasteiger partial charge in [0.1, 0.15) is 11.9 Å². The molecule has 0 saturated carbocycles. The van der Waals surface area contributed by atoms with Gasteiger partial charge in [-0.25, -0.2) is 8.42 Å². The summed E-state index contributed by atoms with van der Waals surface area (Å²) in [5, 5.41) is 9.98. The van der Waals surface area contributed by atoms with E-state index in [-0.39, 0.29) is 40.7 Å². The maximum atomic E-state index is 13.8.